The fraction of sp³-hybridized carbons (Fsp3) is 0.462. The minimum atomic E-state index is 0.914. The van der Waals surface area contributed by atoms with Gasteiger partial charge in [-0.1, -0.05) is 6.92 Å². The lowest BCUT2D eigenvalue weighted by molar-refractivity contribution is 0.605. The van der Waals surface area contributed by atoms with Crippen molar-refractivity contribution >= 4 is 11.3 Å². The summed E-state index contributed by atoms with van der Waals surface area (Å²) in [6.07, 6.45) is 6.13. The summed E-state index contributed by atoms with van der Waals surface area (Å²) in [4.78, 5) is 4.23. The maximum absolute atomic E-state index is 4.23. The smallest absolute Gasteiger partial charge is 0.0948 e. The second-order valence-corrected chi connectivity index (χ2v) is 4.92. The topological polar surface area (TPSA) is 29.9 Å². The molecule has 1 N–H and O–H groups in total. The zero-order chi connectivity index (χ0) is 11.9. The Balaban J connectivity index is 1.85. The van der Waals surface area contributed by atoms with Crippen molar-refractivity contribution in [2.24, 2.45) is 0 Å². The van der Waals surface area contributed by atoms with Gasteiger partial charge >= 0.3 is 0 Å². The summed E-state index contributed by atoms with van der Waals surface area (Å²) in [5.74, 6) is 0. The van der Waals surface area contributed by atoms with Crippen molar-refractivity contribution in [2.45, 2.75) is 32.9 Å². The number of imidazole rings is 1. The van der Waals surface area contributed by atoms with Gasteiger partial charge in [0.1, 0.15) is 0 Å². The molecule has 0 atom stereocenters. The van der Waals surface area contributed by atoms with Crippen LogP contribution in [0.15, 0.2) is 29.4 Å². The summed E-state index contributed by atoms with van der Waals surface area (Å²) in [5, 5.41) is 7.76. The van der Waals surface area contributed by atoms with E-state index in [9.17, 15) is 0 Å². The molecule has 0 amide bonds. The van der Waals surface area contributed by atoms with Crippen LogP contribution >= 0.6 is 11.3 Å². The molecule has 0 aliphatic heterocycles. The zero-order valence-electron chi connectivity index (χ0n) is 10.2. The van der Waals surface area contributed by atoms with Crippen molar-refractivity contribution in [3.8, 4) is 0 Å². The molecular formula is C13H19N3S. The van der Waals surface area contributed by atoms with Crippen LogP contribution in [0.25, 0.3) is 0 Å². The molecular weight excluding hydrogens is 230 g/mol. The highest BCUT2D eigenvalue weighted by molar-refractivity contribution is 7.07. The van der Waals surface area contributed by atoms with Gasteiger partial charge in [0.05, 0.1) is 12.0 Å². The van der Waals surface area contributed by atoms with Crippen LogP contribution in [0.4, 0.5) is 0 Å². The molecule has 0 spiro atoms. The maximum Gasteiger partial charge on any atom is 0.0948 e. The molecule has 2 heterocycles. The van der Waals surface area contributed by atoms with Gasteiger partial charge in [0.25, 0.3) is 0 Å². The lowest BCUT2D eigenvalue weighted by atomic mass is 10.2. The van der Waals surface area contributed by atoms with E-state index in [1.807, 2.05) is 12.5 Å². The van der Waals surface area contributed by atoms with Gasteiger partial charge in [-0.3, -0.25) is 0 Å². The van der Waals surface area contributed by atoms with E-state index < -0.39 is 0 Å². The second-order valence-electron chi connectivity index (χ2n) is 4.14. The van der Waals surface area contributed by atoms with Gasteiger partial charge < -0.3 is 9.88 Å². The fourth-order valence-electron chi connectivity index (χ4n) is 1.77. The molecule has 0 aliphatic carbocycles. The first-order valence-corrected chi connectivity index (χ1v) is 7.05. The number of hydrogen-bond acceptors (Lipinski definition) is 3. The van der Waals surface area contributed by atoms with Crippen LogP contribution < -0.4 is 5.32 Å². The van der Waals surface area contributed by atoms with Crippen LogP contribution in [0, 0.1) is 0 Å². The highest BCUT2D eigenvalue weighted by atomic mass is 32.1. The minimum absolute atomic E-state index is 0.914. The molecule has 92 valence electrons. The van der Waals surface area contributed by atoms with Crippen molar-refractivity contribution in [3.63, 3.8) is 0 Å². The molecule has 0 aromatic carbocycles. The first-order valence-electron chi connectivity index (χ1n) is 6.11. The Labute approximate surface area is 107 Å². The molecule has 2 rings (SSSR count). The fourth-order valence-corrected chi connectivity index (χ4v) is 2.48. The summed E-state index contributed by atoms with van der Waals surface area (Å²) in [5.41, 5.74) is 2.69. The van der Waals surface area contributed by atoms with E-state index in [1.54, 1.807) is 11.3 Å². The molecule has 0 radical (unpaired) electrons. The molecule has 2 aromatic heterocycles. The van der Waals surface area contributed by atoms with Gasteiger partial charge in [0.2, 0.25) is 0 Å². The average molecular weight is 249 g/mol. The molecule has 0 saturated heterocycles. The van der Waals surface area contributed by atoms with E-state index in [1.165, 1.54) is 17.7 Å². The molecule has 0 unspecified atom stereocenters. The SMILES string of the molecule is CCCNCc1cncn1CCc1ccsc1. The molecule has 3 nitrogen and oxygen atoms in total. The second kappa shape index (κ2) is 6.57. The predicted molar refractivity (Wildman–Crippen MR) is 72.2 cm³/mol. The number of nitrogens with zero attached hydrogens (tertiary/aromatic N) is 2. The maximum atomic E-state index is 4.23. The largest absolute Gasteiger partial charge is 0.333 e. The summed E-state index contributed by atoms with van der Waals surface area (Å²) < 4.78 is 2.24. The number of rotatable bonds is 7. The molecule has 4 heteroatoms. The number of hydrogen-bond donors (Lipinski definition) is 1. The molecule has 0 bridgehead atoms. The van der Waals surface area contributed by atoms with Crippen LogP contribution in [0.2, 0.25) is 0 Å². The van der Waals surface area contributed by atoms with Crippen molar-refractivity contribution in [1.82, 2.24) is 14.9 Å². The lowest BCUT2D eigenvalue weighted by Crippen LogP contribution is -2.17. The molecule has 17 heavy (non-hydrogen) atoms. The Morgan fingerprint density at radius 2 is 2.41 bits per heavy atom. The van der Waals surface area contributed by atoms with Gasteiger partial charge in [0.15, 0.2) is 0 Å². The van der Waals surface area contributed by atoms with Crippen molar-refractivity contribution in [1.29, 1.82) is 0 Å². The quantitative estimate of drug-likeness (QED) is 0.765. The van der Waals surface area contributed by atoms with E-state index in [0.29, 0.717) is 0 Å². The molecule has 2 aromatic rings. The van der Waals surface area contributed by atoms with Crippen LogP contribution in [0.3, 0.4) is 0 Å². The first kappa shape index (κ1) is 12.3. The molecule has 0 saturated carbocycles. The number of aromatic nitrogens is 2. The van der Waals surface area contributed by atoms with Gasteiger partial charge in [-0.2, -0.15) is 11.3 Å². The first-order chi connectivity index (χ1) is 8.40. The van der Waals surface area contributed by atoms with E-state index in [0.717, 1.165) is 26.1 Å². The standard InChI is InChI=1S/C13H19N3S/c1-2-5-14-8-13-9-15-11-16(13)6-3-12-4-7-17-10-12/h4,7,9-11,14H,2-3,5-6,8H2,1H3. The van der Waals surface area contributed by atoms with Crippen molar-refractivity contribution in [3.05, 3.63) is 40.6 Å². The van der Waals surface area contributed by atoms with Crippen molar-refractivity contribution in [2.75, 3.05) is 6.54 Å². The Bertz CT molecular complexity index is 420. The third-order valence-corrected chi connectivity index (χ3v) is 3.48. The third-order valence-electron chi connectivity index (χ3n) is 2.75. The Hall–Kier alpha value is -1.13. The zero-order valence-corrected chi connectivity index (χ0v) is 11.0. The number of aryl methyl sites for hydroxylation is 2. The van der Waals surface area contributed by atoms with Gasteiger partial charge in [-0.15, -0.1) is 0 Å². The minimum Gasteiger partial charge on any atom is -0.333 e. The predicted octanol–water partition coefficient (Wildman–Crippen LogP) is 2.69. The lowest BCUT2D eigenvalue weighted by Gasteiger charge is -2.08. The van der Waals surface area contributed by atoms with Crippen LogP contribution in [0.5, 0.6) is 0 Å². The molecule has 0 aliphatic rings. The van der Waals surface area contributed by atoms with E-state index in [-0.39, 0.29) is 0 Å². The van der Waals surface area contributed by atoms with Gasteiger partial charge in [0, 0.05) is 19.3 Å². The van der Waals surface area contributed by atoms with E-state index >= 15 is 0 Å². The number of thiophene rings is 1. The van der Waals surface area contributed by atoms with Gasteiger partial charge in [-0.05, 0) is 41.8 Å². The van der Waals surface area contributed by atoms with Crippen LogP contribution in [0.1, 0.15) is 24.6 Å². The Kier molecular flexibility index (Phi) is 4.76. The number of nitrogens with one attached hydrogen (secondary N) is 1. The monoisotopic (exact) mass is 249 g/mol. The van der Waals surface area contributed by atoms with Crippen LogP contribution in [-0.4, -0.2) is 16.1 Å². The third kappa shape index (κ3) is 3.68. The van der Waals surface area contributed by atoms with Gasteiger partial charge in [-0.25, -0.2) is 4.98 Å². The Morgan fingerprint density at radius 1 is 1.47 bits per heavy atom. The van der Waals surface area contributed by atoms with Crippen LogP contribution in [-0.2, 0) is 19.5 Å². The van der Waals surface area contributed by atoms with E-state index in [2.05, 4.69) is 38.6 Å². The van der Waals surface area contributed by atoms with E-state index in [4.69, 9.17) is 0 Å². The van der Waals surface area contributed by atoms with Crippen molar-refractivity contribution < 1.29 is 0 Å². The summed E-state index contributed by atoms with van der Waals surface area (Å²) in [6.45, 7) is 5.17. The summed E-state index contributed by atoms with van der Waals surface area (Å²) >= 11 is 1.76. The summed E-state index contributed by atoms with van der Waals surface area (Å²) in [6, 6.07) is 2.19. The summed E-state index contributed by atoms with van der Waals surface area (Å²) in [7, 11) is 0. The average Bonchev–Trinajstić information content (AvgIpc) is 2.97. The highest BCUT2D eigenvalue weighted by Crippen LogP contribution is 2.09. The highest BCUT2D eigenvalue weighted by Gasteiger charge is 2.02. The Morgan fingerprint density at radius 3 is 3.18 bits per heavy atom. The molecule has 0 fully saturated rings. The normalized spacial score (nSPS) is 10.9.